The van der Waals surface area contributed by atoms with Gasteiger partial charge in [-0.25, -0.2) is 8.42 Å². The lowest BCUT2D eigenvalue weighted by Gasteiger charge is -2.23. The number of fused-ring (bicyclic) bond motifs is 1. The smallest absolute Gasteiger partial charge is 0.237 e. The first-order valence-electron chi connectivity index (χ1n) is 11.2. The van der Waals surface area contributed by atoms with Crippen LogP contribution in [-0.2, 0) is 19.4 Å². The van der Waals surface area contributed by atoms with Gasteiger partial charge in [-0.1, -0.05) is 6.92 Å². The molecule has 0 radical (unpaired) electrons. The van der Waals surface area contributed by atoms with Crippen LogP contribution in [0.25, 0.3) is 0 Å². The lowest BCUT2D eigenvalue weighted by atomic mass is 10.1. The van der Waals surface area contributed by atoms with Crippen LogP contribution in [-0.4, -0.2) is 44.3 Å². The molecule has 2 N–H and O–H groups in total. The second kappa shape index (κ2) is 10.6. The van der Waals surface area contributed by atoms with Crippen LogP contribution in [0.1, 0.15) is 39.2 Å². The molecule has 33 heavy (non-hydrogen) atoms. The number of rotatable bonds is 9. The summed E-state index contributed by atoms with van der Waals surface area (Å²) in [5.74, 6) is -0.788. The number of thioether (sulfide) groups is 1. The summed E-state index contributed by atoms with van der Waals surface area (Å²) in [5, 5.41) is 5.44. The Morgan fingerprint density at radius 2 is 1.85 bits per heavy atom. The molecule has 1 unspecified atom stereocenters. The van der Waals surface area contributed by atoms with E-state index in [1.807, 2.05) is 32.0 Å². The summed E-state index contributed by atoms with van der Waals surface area (Å²) in [6.07, 6.45) is 0.540. The molecule has 0 saturated carbocycles. The minimum absolute atomic E-state index is 0.102. The molecule has 2 aromatic carbocycles. The van der Waals surface area contributed by atoms with Gasteiger partial charge in [-0.15, -0.1) is 11.8 Å². The highest BCUT2D eigenvalue weighted by atomic mass is 32.2. The number of hydrogen-bond donors (Lipinski definition) is 2. The highest BCUT2D eigenvalue weighted by molar-refractivity contribution is 8.01. The van der Waals surface area contributed by atoms with Crippen molar-refractivity contribution >= 4 is 50.5 Å². The molecule has 3 rings (SSSR count). The first-order valence-corrected chi connectivity index (χ1v) is 13.7. The van der Waals surface area contributed by atoms with Crippen LogP contribution in [0.3, 0.4) is 0 Å². The Hall–Kier alpha value is -2.52. The zero-order chi connectivity index (χ0) is 24.2. The van der Waals surface area contributed by atoms with E-state index in [2.05, 4.69) is 29.4 Å². The third-order valence-corrected chi connectivity index (χ3v) is 8.87. The summed E-state index contributed by atoms with van der Waals surface area (Å²) in [4.78, 5) is 27.8. The van der Waals surface area contributed by atoms with E-state index in [0.29, 0.717) is 17.8 Å². The summed E-state index contributed by atoms with van der Waals surface area (Å²) >= 11 is 1.44. The van der Waals surface area contributed by atoms with E-state index in [4.69, 9.17) is 0 Å². The molecule has 0 aromatic heterocycles. The summed E-state index contributed by atoms with van der Waals surface area (Å²) in [7, 11) is -3.68. The highest BCUT2D eigenvalue weighted by Crippen LogP contribution is 2.38. The SMILES string of the molecule is CCC1Sc2ccc(S(=O)(=O)CCC(=O)Nc3ccc(N(CC)CC)cc3C)cc2NC1=O. The van der Waals surface area contributed by atoms with E-state index in [-0.39, 0.29) is 34.1 Å². The summed E-state index contributed by atoms with van der Waals surface area (Å²) < 4.78 is 25.6. The number of nitrogens with one attached hydrogen (secondary N) is 2. The lowest BCUT2D eigenvalue weighted by molar-refractivity contribution is -0.116. The van der Waals surface area contributed by atoms with E-state index in [1.54, 1.807) is 12.1 Å². The third kappa shape index (κ3) is 5.89. The normalized spacial score (nSPS) is 15.5. The van der Waals surface area contributed by atoms with E-state index in [0.717, 1.165) is 29.2 Å². The number of benzene rings is 2. The molecule has 0 spiro atoms. The van der Waals surface area contributed by atoms with Crippen molar-refractivity contribution in [1.29, 1.82) is 0 Å². The standard InChI is InChI=1S/C24H31N3O4S2/c1-5-21-24(29)26-20-15-18(9-11-22(20)32-21)33(30,31)13-12-23(28)25-19-10-8-17(14-16(19)4)27(6-2)7-3/h8-11,14-15,21H,5-7,12-13H2,1-4H3,(H,25,28)(H,26,29). The van der Waals surface area contributed by atoms with Gasteiger partial charge in [0.05, 0.1) is 21.6 Å². The van der Waals surface area contributed by atoms with Crippen LogP contribution in [0.2, 0.25) is 0 Å². The third-order valence-electron chi connectivity index (χ3n) is 5.71. The average molecular weight is 490 g/mol. The Bertz CT molecular complexity index is 1140. The van der Waals surface area contributed by atoms with E-state index < -0.39 is 9.84 Å². The Morgan fingerprint density at radius 1 is 1.12 bits per heavy atom. The maximum atomic E-state index is 12.8. The monoisotopic (exact) mass is 489 g/mol. The fraction of sp³-hybridized carbons (Fsp3) is 0.417. The molecule has 1 atom stereocenters. The van der Waals surface area contributed by atoms with Crippen LogP contribution < -0.4 is 15.5 Å². The Kier molecular flexibility index (Phi) is 8.07. The number of aryl methyl sites for hydroxylation is 1. The van der Waals surface area contributed by atoms with Crippen molar-refractivity contribution in [2.24, 2.45) is 0 Å². The van der Waals surface area contributed by atoms with Crippen LogP contribution in [0, 0.1) is 6.92 Å². The molecule has 2 aromatic rings. The zero-order valence-electron chi connectivity index (χ0n) is 19.5. The van der Waals surface area contributed by atoms with Crippen molar-refractivity contribution in [3.05, 3.63) is 42.0 Å². The molecular formula is C24H31N3O4S2. The Morgan fingerprint density at radius 3 is 2.48 bits per heavy atom. The molecule has 1 aliphatic rings. The number of hydrogen-bond acceptors (Lipinski definition) is 6. The largest absolute Gasteiger partial charge is 0.372 e. The number of anilines is 3. The quantitative estimate of drug-likeness (QED) is 0.540. The molecule has 0 aliphatic carbocycles. The molecular weight excluding hydrogens is 458 g/mol. The molecule has 1 aliphatic heterocycles. The molecule has 2 amide bonds. The highest BCUT2D eigenvalue weighted by Gasteiger charge is 2.27. The molecule has 0 bridgehead atoms. The fourth-order valence-electron chi connectivity index (χ4n) is 3.72. The van der Waals surface area contributed by atoms with Gasteiger partial charge < -0.3 is 15.5 Å². The summed E-state index contributed by atoms with van der Waals surface area (Å²) in [6, 6.07) is 10.6. The van der Waals surface area contributed by atoms with Crippen molar-refractivity contribution in [3.63, 3.8) is 0 Å². The van der Waals surface area contributed by atoms with Crippen LogP contribution >= 0.6 is 11.8 Å². The number of sulfone groups is 1. The summed E-state index contributed by atoms with van der Waals surface area (Å²) in [6.45, 7) is 9.82. The predicted octanol–water partition coefficient (Wildman–Crippen LogP) is 4.47. The maximum absolute atomic E-state index is 12.8. The minimum atomic E-state index is -3.68. The van der Waals surface area contributed by atoms with Gasteiger partial charge in [-0.05, 0) is 69.2 Å². The van der Waals surface area contributed by atoms with Gasteiger partial charge in [0.1, 0.15) is 0 Å². The second-order valence-electron chi connectivity index (χ2n) is 7.95. The van der Waals surface area contributed by atoms with Crippen molar-refractivity contribution in [3.8, 4) is 0 Å². The van der Waals surface area contributed by atoms with Gasteiger partial charge in [-0.2, -0.15) is 0 Å². The van der Waals surface area contributed by atoms with Gasteiger partial charge in [0, 0.05) is 35.8 Å². The first kappa shape index (κ1) is 25.1. The first-order chi connectivity index (χ1) is 15.7. The van der Waals surface area contributed by atoms with Crippen molar-refractivity contribution < 1.29 is 18.0 Å². The molecule has 7 nitrogen and oxygen atoms in total. The Labute approximate surface area is 200 Å². The lowest BCUT2D eigenvalue weighted by Crippen LogP contribution is -2.28. The number of carbonyl (C=O) groups excluding carboxylic acids is 2. The van der Waals surface area contributed by atoms with Crippen LogP contribution in [0.5, 0.6) is 0 Å². The maximum Gasteiger partial charge on any atom is 0.237 e. The summed E-state index contributed by atoms with van der Waals surface area (Å²) in [5.41, 5.74) is 3.18. The topological polar surface area (TPSA) is 95.6 Å². The van der Waals surface area contributed by atoms with Crippen LogP contribution in [0.15, 0.2) is 46.2 Å². The van der Waals surface area contributed by atoms with Gasteiger partial charge >= 0.3 is 0 Å². The average Bonchev–Trinajstić information content (AvgIpc) is 2.79. The zero-order valence-corrected chi connectivity index (χ0v) is 21.1. The van der Waals surface area contributed by atoms with Gasteiger partial charge in [0.25, 0.3) is 0 Å². The van der Waals surface area contributed by atoms with Gasteiger partial charge in [0.15, 0.2) is 9.84 Å². The molecule has 178 valence electrons. The second-order valence-corrected chi connectivity index (χ2v) is 11.3. The molecule has 1 heterocycles. The van der Waals surface area contributed by atoms with Crippen LogP contribution in [0.4, 0.5) is 17.1 Å². The number of carbonyl (C=O) groups is 2. The van der Waals surface area contributed by atoms with E-state index in [9.17, 15) is 18.0 Å². The Balaban J connectivity index is 1.64. The molecule has 0 fully saturated rings. The van der Waals surface area contributed by atoms with Gasteiger partial charge in [0.2, 0.25) is 11.8 Å². The number of nitrogens with zero attached hydrogens (tertiary/aromatic N) is 1. The number of amides is 2. The minimum Gasteiger partial charge on any atom is -0.372 e. The van der Waals surface area contributed by atoms with Crippen molar-refractivity contribution in [1.82, 2.24) is 0 Å². The van der Waals surface area contributed by atoms with Gasteiger partial charge in [-0.3, -0.25) is 9.59 Å². The van der Waals surface area contributed by atoms with E-state index in [1.165, 1.54) is 17.8 Å². The van der Waals surface area contributed by atoms with E-state index >= 15 is 0 Å². The predicted molar refractivity (Wildman–Crippen MR) is 135 cm³/mol. The molecule has 0 saturated heterocycles. The van der Waals surface area contributed by atoms with Crippen molar-refractivity contribution in [2.75, 3.05) is 34.4 Å². The fourth-order valence-corrected chi connectivity index (χ4v) is 6.01. The molecule has 9 heteroatoms. The van der Waals surface area contributed by atoms with Crippen molar-refractivity contribution in [2.45, 2.75) is 55.6 Å².